The molecule has 32 heavy (non-hydrogen) atoms. The standard InChI is InChI=1S/C23H31N3O4S2/c1-23(2,3)26-32(28)20-11-16(25-22(27)30-17-13-29-14-17)9-10-18(20)19-12-24-21(31-19)15-7-5-4-6-8-15/h9-12,15,17,26H,4-8,13-14H2,1-3H3,(H,25,27). The third-order valence-corrected chi connectivity index (χ3v) is 8.18. The maximum atomic E-state index is 13.3. The molecule has 1 amide bonds. The number of nitrogens with zero attached hydrogens (tertiary/aromatic N) is 1. The summed E-state index contributed by atoms with van der Waals surface area (Å²) < 4.78 is 26.7. The van der Waals surface area contributed by atoms with E-state index in [1.165, 1.54) is 32.1 Å². The number of ether oxygens (including phenoxy) is 2. The predicted octanol–water partition coefficient (Wildman–Crippen LogP) is 5.22. The molecule has 2 N–H and O–H groups in total. The van der Waals surface area contributed by atoms with E-state index in [1.54, 1.807) is 17.4 Å². The molecule has 174 valence electrons. The topological polar surface area (TPSA) is 95.5 Å². The van der Waals surface area contributed by atoms with Crippen LogP contribution in [0.15, 0.2) is 29.3 Å². The number of thiazole rings is 1. The van der Waals surface area contributed by atoms with E-state index in [1.807, 2.05) is 39.1 Å². The molecule has 1 aliphatic heterocycles. The quantitative estimate of drug-likeness (QED) is 0.554. The molecule has 1 saturated heterocycles. The van der Waals surface area contributed by atoms with Gasteiger partial charge < -0.3 is 14.0 Å². The third kappa shape index (κ3) is 6.02. The number of rotatable bonds is 6. The van der Waals surface area contributed by atoms with Crippen LogP contribution in [0.5, 0.6) is 0 Å². The number of benzene rings is 1. The first-order valence-corrected chi connectivity index (χ1v) is 13.1. The average molecular weight is 478 g/mol. The summed E-state index contributed by atoms with van der Waals surface area (Å²) in [6, 6.07) is 5.46. The molecule has 4 rings (SSSR count). The van der Waals surface area contributed by atoms with Crippen molar-refractivity contribution < 1.29 is 18.8 Å². The van der Waals surface area contributed by atoms with Crippen LogP contribution in [0.1, 0.15) is 63.8 Å². The van der Waals surface area contributed by atoms with Gasteiger partial charge in [0.15, 0.2) is 11.0 Å². The molecule has 7 nitrogen and oxygen atoms in total. The van der Waals surface area contributed by atoms with Gasteiger partial charge in [0.2, 0.25) is 0 Å². The third-order valence-electron chi connectivity index (χ3n) is 5.45. The molecule has 1 aliphatic carbocycles. The maximum Gasteiger partial charge on any atom is 0.412 e. The Morgan fingerprint density at radius 3 is 2.66 bits per heavy atom. The van der Waals surface area contributed by atoms with Gasteiger partial charge in [-0.15, -0.1) is 16.1 Å². The predicted molar refractivity (Wildman–Crippen MR) is 127 cm³/mol. The second-order valence-corrected chi connectivity index (χ2v) is 11.7. The Kier molecular flexibility index (Phi) is 7.41. The molecular formula is C23H31N3O4S2. The van der Waals surface area contributed by atoms with Crippen molar-refractivity contribution in [1.29, 1.82) is 0 Å². The van der Waals surface area contributed by atoms with Gasteiger partial charge in [0.05, 0.1) is 45.6 Å². The van der Waals surface area contributed by atoms with Crippen LogP contribution in [0.4, 0.5) is 10.5 Å². The molecule has 1 saturated carbocycles. The second kappa shape index (κ2) is 10.1. The van der Waals surface area contributed by atoms with E-state index in [-0.39, 0.29) is 11.6 Å². The molecule has 2 fully saturated rings. The van der Waals surface area contributed by atoms with E-state index in [0.29, 0.717) is 29.7 Å². The first-order chi connectivity index (χ1) is 15.3. The van der Waals surface area contributed by atoms with Gasteiger partial charge in [0, 0.05) is 23.9 Å². The molecule has 2 aromatic rings. The molecule has 2 heterocycles. The van der Waals surface area contributed by atoms with Crippen molar-refractivity contribution in [2.45, 2.75) is 75.3 Å². The molecule has 0 radical (unpaired) electrons. The van der Waals surface area contributed by atoms with Crippen LogP contribution in [0.3, 0.4) is 0 Å². The number of carbonyl (C=O) groups excluding carboxylic acids is 1. The van der Waals surface area contributed by atoms with E-state index >= 15 is 0 Å². The van der Waals surface area contributed by atoms with Crippen molar-refractivity contribution >= 4 is 34.5 Å². The zero-order chi connectivity index (χ0) is 22.7. The Hall–Kier alpha value is -1.65. The lowest BCUT2D eigenvalue weighted by molar-refractivity contribution is -0.0951. The van der Waals surface area contributed by atoms with Crippen LogP contribution in [0, 0.1) is 0 Å². The van der Waals surface area contributed by atoms with E-state index in [2.05, 4.69) is 10.0 Å². The smallest absolute Gasteiger partial charge is 0.412 e. The maximum absolute atomic E-state index is 13.3. The Morgan fingerprint density at radius 1 is 1.25 bits per heavy atom. The van der Waals surface area contributed by atoms with Gasteiger partial charge in [-0.25, -0.2) is 9.78 Å². The summed E-state index contributed by atoms with van der Waals surface area (Å²) in [4.78, 5) is 18.5. The van der Waals surface area contributed by atoms with E-state index in [4.69, 9.17) is 14.5 Å². The van der Waals surface area contributed by atoms with Crippen LogP contribution in [0.25, 0.3) is 10.4 Å². The molecule has 9 heteroatoms. The van der Waals surface area contributed by atoms with Crippen molar-refractivity contribution in [2.24, 2.45) is 0 Å². The first kappa shape index (κ1) is 23.5. The monoisotopic (exact) mass is 477 g/mol. The lowest BCUT2D eigenvalue weighted by atomic mass is 9.90. The van der Waals surface area contributed by atoms with Crippen molar-refractivity contribution in [3.05, 3.63) is 29.4 Å². The van der Waals surface area contributed by atoms with Crippen LogP contribution in [-0.2, 0) is 20.8 Å². The summed E-state index contributed by atoms with van der Waals surface area (Å²) in [7, 11) is 0. The van der Waals surface area contributed by atoms with Gasteiger partial charge in [-0.1, -0.05) is 19.3 Å². The van der Waals surface area contributed by atoms with Crippen LogP contribution in [0.2, 0.25) is 0 Å². The molecule has 1 atom stereocenters. The number of hydrogen-bond donors (Lipinski definition) is 2. The summed E-state index contributed by atoms with van der Waals surface area (Å²) in [5, 5.41) is 3.90. The lowest BCUT2D eigenvalue weighted by Crippen LogP contribution is -2.40. The number of amides is 1. The summed E-state index contributed by atoms with van der Waals surface area (Å²) >= 11 is 0.212. The highest BCUT2D eigenvalue weighted by Gasteiger charge is 2.28. The highest BCUT2D eigenvalue weighted by molar-refractivity contribution is 7.89. The fraction of sp³-hybridized carbons (Fsp3) is 0.565. The number of hydrogen-bond acceptors (Lipinski definition) is 7. The number of carbonyl (C=O) groups is 1. The van der Waals surface area contributed by atoms with Crippen LogP contribution >= 0.6 is 11.3 Å². The fourth-order valence-electron chi connectivity index (χ4n) is 3.82. The summed E-state index contributed by atoms with van der Waals surface area (Å²) in [5.74, 6) is 0.523. The Labute approximate surface area is 196 Å². The molecular weight excluding hydrogens is 446 g/mol. The van der Waals surface area contributed by atoms with E-state index in [0.717, 1.165) is 15.4 Å². The van der Waals surface area contributed by atoms with Crippen LogP contribution in [-0.4, -0.2) is 40.5 Å². The minimum atomic E-state index is -1.47. The molecule has 1 unspecified atom stereocenters. The molecule has 0 spiro atoms. The number of nitrogens with one attached hydrogen (secondary N) is 2. The van der Waals surface area contributed by atoms with Gasteiger partial charge in [-0.05, 0) is 45.7 Å². The van der Waals surface area contributed by atoms with Gasteiger partial charge in [0.25, 0.3) is 0 Å². The number of aromatic nitrogens is 1. The van der Waals surface area contributed by atoms with Gasteiger partial charge in [-0.2, -0.15) is 0 Å². The van der Waals surface area contributed by atoms with E-state index in [9.17, 15) is 9.35 Å². The first-order valence-electron chi connectivity index (χ1n) is 11.1. The van der Waals surface area contributed by atoms with E-state index < -0.39 is 17.5 Å². The van der Waals surface area contributed by atoms with Gasteiger partial charge in [0.1, 0.15) is 0 Å². The van der Waals surface area contributed by atoms with Crippen molar-refractivity contribution in [2.75, 3.05) is 18.5 Å². The normalized spacial score (nSPS) is 18.8. The summed E-state index contributed by atoms with van der Waals surface area (Å²) in [6.07, 6.45) is 7.34. The van der Waals surface area contributed by atoms with Crippen molar-refractivity contribution in [3.63, 3.8) is 0 Å². The molecule has 2 aliphatic rings. The van der Waals surface area contributed by atoms with Gasteiger partial charge in [-0.3, -0.25) is 5.32 Å². The SMILES string of the molecule is CC(C)(C)N[S+]([O-])c1cc(NC(=O)OC2COC2)ccc1-c1cnc(C2CCCCC2)s1. The highest BCUT2D eigenvalue weighted by atomic mass is 32.2. The highest BCUT2D eigenvalue weighted by Crippen LogP contribution is 2.39. The Balaban J connectivity index is 1.58. The van der Waals surface area contributed by atoms with Crippen LogP contribution < -0.4 is 10.0 Å². The van der Waals surface area contributed by atoms with Crippen molar-refractivity contribution in [1.82, 2.24) is 9.71 Å². The Bertz CT molecular complexity index is 934. The van der Waals surface area contributed by atoms with Crippen molar-refractivity contribution in [3.8, 4) is 10.4 Å². The molecule has 1 aromatic heterocycles. The number of anilines is 1. The molecule has 1 aromatic carbocycles. The molecule has 0 bridgehead atoms. The minimum absolute atomic E-state index is 0.208. The Morgan fingerprint density at radius 2 is 2.00 bits per heavy atom. The average Bonchev–Trinajstić information content (AvgIpc) is 3.20. The fourth-order valence-corrected chi connectivity index (χ4v) is 6.29. The largest absolute Gasteiger partial charge is 0.593 e. The zero-order valence-corrected chi connectivity index (χ0v) is 20.4. The zero-order valence-electron chi connectivity index (χ0n) is 18.8. The lowest BCUT2D eigenvalue weighted by Gasteiger charge is -2.25. The second-order valence-electron chi connectivity index (χ2n) is 9.42. The summed E-state index contributed by atoms with van der Waals surface area (Å²) in [6.45, 7) is 6.76. The van der Waals surface area contributed by atoms with Gasteiger partial charge >= 0.3 is 6.09 Å². The summed E-state index contributed by atoms with van der Waals surface area (Å²) in [5.41, 5.74) is 1.07. The minimum Gasteiger partial charge on any atom is -0.593 e.